The molecular weight excluding hydrogens is 238 g/mol. The van der Waals surface area contributed by atoms with Gasteiger partial charge in [0, 0.05) is 29.8 Å². The van der Waals surface area contributed by atoms with E-state index in [0.29, 0.717) is 17.1 Å². The summed E-state index contributed by atoms with van der Waals surface area (Å²) in [7, 11) is 0. The second-order valence-electron chi connectivity index (χ2n) is 3.43. The van der Waals surface area contributed by atoms with Crippen molar-refractivity contribution < 1.29 is 4.92 Å². The fourth-order valence-electron chi connectivity index (χ4n) is 1.68. The van der Waals surface area contributed by atoms with Crippen LogP contribution in [0, 0.1) is 10.1 Å². The van der Waals surface area contributed by atoms with Crippen LogP contribution in [0.4, 0.5) is 5.69 Å². The van der Waals surface area contributed by atoms with Gasteiger partial charge in [-0.2, -0.15) is 11.8 Å². The third kappa shape index (κ3) is 2.31. The molecule has 0 spiro atoms. The number of nitro groups is 1. The second-order valence-corrected chi connectivity index (χ2v) is 4.30. The van der Waals surface area contributed by atoms with Crippen LogP contribution in [-0.2, 0) is 5.75 Å². The molecule has 2 rings (SSSR count). The lowest BCUT2D eigenvalue weighted by Gasteiger charge is -2.06. The first-order valence-electron chi connectivity index (χ1n) is 4.99. The summed E-state index contributed by atoms with van der Waals surface area (Å²) in [6.07, 6.45) is 5.26. The van der Waals surface area contributed by atoms with Crippen LogP contribution in [0.5, 0.6) is 0 Å². The summed E-state index contributed by atoms with van der Waals surface area (Å²) in [4.78, 5) is 17.8. The van der Waals surface area contributed by atoms with E-state index in [0.717, 1.165) is 5.56 Å². The molecule has 88 valence electrons. The number of rotatable bonds is 4. The summed E-state index contributed by atoms with van der Waals surface area (Å²) in [5.41, 5.74) is 1.65. The molecule has 0 aliphatic carbocycles. The normalized spacial score (nSPS) is 10.4. The second kappa shape index (κ2) is 5.01. The number of benzene rings is 1. The Morgan fingerprint density at radius 3 is 2.94 bits per heavy atom. The molecule has 5 nitrogen and oxygen atoms in total. The summed E-state index contributed by atoms with van der Waals surface area (Å²) in [5, 5.41) is 11.0. The van der Waals surface area contributed by atoms with Gasteiger partial charge in [0.25, 0.3) is 5.69 Å². The smallest absolute Gasteiger partial charge is 0.274 e. The van der Waals surface area contributed by atoms with Crippen molar-refractivity contribution >= 4 is 17.4 Å². The average molecular weight is 249 g/mol. The molecule has 0 unspecified atom stereocenters. The lowest BCUT2D eigenvalue weighted by molar-refractivity contribution is -0.385. The monoisotopic (exact) mass is 249 g/mol. The lowest BCUT2D eigenvalue weighted by atomic mass is 10.1. The molecule has 0 aliphatic rings. The van der Waals surface area contributed by atoms with Crippen LogP contribution in [0.15, 0.2) is 30.6 Å². The molecule has 0 amide bonds. The Hall–Kier alpha value is -1.82. The lowest BCUT2D eigenvalue weighted by Crippen LogP contribution is -1.97. The highest BCUT2D eigenvalue weighted by molar-refractivity contribution is 7.97. The summed E-state index contributed by atoms with van der Waals surface area (Å²) in [6, 6.07) is 5.05. The zero-order valence-electron chi connectivity index (χ0n) is 9.21. The molecular formula is C11H11N3O2S. The van der Waals surface area contributed by atoms with Gasteiger partial charge in [0.05, 0.1) is 10.5 Å². The van der Waals surface area contributed by atoms with Gasteiger partial charge in [-0.1, -0.05) is 12.1 Å². The highest BCUT2D eigenvalue weighted by Gasteiger charge is 2.18. The van der Waals surface area contributed by atoms with Gasteiger partial charge in [-0.3, -0.25) is 10.1 Å². The standard InChI is InChI=1S/C11H11N3O2S/c1-17-7-9-8(11-12-5-6-13-11)3-2-4-10(9)14(15)16/h2-6H,7H2,1H3,(H,12,13). The molecule has 1 N–H and O–H groups in total. The number of imidazole rings is 1. The highest BCUT2D eigenvalue weighted by Crippen LogP contribution is 2.31. The molecule has 0 saturated carbocycles. The molecule has 6 heteroatoms. The molecule has 0 saturated heterocycles. The molecule has 1 aromatic carbocycles. The Morgan fingerprint density at radius 2 is 2.35 bits per heavy atom. The fraction of sp³-hybridized carbons (Fsp3) is 0.182. The van der Waals surface area contributed by atoms with E-state index < -0.39 is 0 Å². The van der Waals surface area contributed by atoms with Crippen LogP contribution in [0.3, 0.4) is 0 Å². The number of nitro benzene ring substituents is 1. The van der Waals surface area contributed by atoms with E-state index in [1.165, 1.54) is 6.07 Å². The maximum Gasteiger partial charge on any atom is 0.274 e. The molecule has 17 heavy (non-hydrogen) atoms. The molecule has 0 bridgehead atoms. The number of nitrogens with zero attached hydrogens (tertiary/aromatic N) is 2. The average Bonchev–Trinajstić information content (AvgIpc) is 2.83. The molecule has 0 radical (unpaired) electrons. The Kier molecular flexibility index (Phi) is 3.43. The molecule has 0 aliphatic heterocycles. The topological polar surface area (TPSA) is 71.8 Å². The van der Waals surface area contributed by atoms with Crippen LogP contribution in [0.1, 0.15) is 5.56 Å². The first-order chi connectivity index (χ1) is 8.24. The van der Waals surface area contributed by atoms with Crippen molar-refractivity contribution in [1.82, 2.24) is 9.97 Å². The van der Waals surface area contributed by atoms with Crippen LogP contribution in [0.25, 0.3) is 11.4 Å². The van der Waals surface area contributed by atoms with Crippen molar-refractivity contribution in [2.75, 3.05) is 6.26 Å². The SMILES string of the molecule is CSCc1c(-c2ncc[nH]2)cccc1[N+](=O)[O-]. The van der Waals surface area contributed by atoms with Gasteiger partial charge in [-0.05, 0) is 6.26 Å². The number of aromatic amines is 1. The number of hydrogen-bond acceptors (Lipinski definition) is 4. The van der Waals surface area contributed by atoms with E-state index in [-0.39, 0.29) is 10.6 Å². The van der Waals surface area contributed by atoms with Crippen molar-refractivity contribution in [3.05, 3.63) is 46.3 Å². The first-order valence-corrected chi connectivity index (χ1v) is 6.38. The Morgan fingerprint density at radius 1 is 1.53 bits per heavy atom. The van der Waals surface area contributed by atoms with Gasteiger partial charge < -0.3 is 4.98 Å². The number of thioether (sulfide) groups is 1. The molecule has 1 heterocycles. The van der Waals surface area contributed by atoms with Crippen molar-refractivity contribution in [3.8, 4) is 11.4 Å². The summed E-state index contributed by atoms with van der Waals surface area (Å²) in [5.74, 6) is 1.26. The third-order valence-corrected chi connectivity index (χ3v) is 2.97. The maximum absolute atomic E-state index is 11.0. The van der Waals surface area contributed by atoms with Gasteiger partial charge in [-0.25, -0.2) is 4.98 Å². The Balaban J connectivity index is 2.58. The minimum atomic E-state index is -0.349. The van der Waals surface area contributed by atoms with Gasteiger partial charge in [0.15, 0.2) is 0 Å². The molecule has 1 aromatic heterocycles. The van der Waals surface area contributed by atoms with Crippen molar-refractivity contribution in [2.45, 2.75) is 5.75 Å². The van der Waals surface area contributed by atoms with Crippen molar-refractivity contribution in [3.63, 3.8) is 0 Å². The minimum absolute atomic E-state index is 0.147. The van der Waals surface area contributed by atoms with E-state index in [4.69, 9.17) is 0 Å². The van der Waals surface area contributed by atoms with E-state index in [1.54, 1.807) is 30.2 Å². The number of H-pyrrole nitrogens is 1. The number of hydrogen-bond donors (Lipinski definition) is 1. The zero-order chi connectivity index (χ0) is 12.3. The molecule has 0 fully saturated rings. The van der Waals surface area contributed by atoms with E-state index in [1.807, 2.05) is 12.3 Å². The first kappa shape index (κ1) is 11.7. The Bertz CT molecular complexity index is 526. The van der Waals surface area contributed by atoms with Crippen molar-refractivity contribution in [2.24, 2.45) is 0 Å². The third-order valence-electron chi connectivity index (χ3n) is 2.39. The van der Waals surface area contributed by atoms with E-state index in [2.05, 4.69) is 9.97 Å². The summed E-state index contributed by atoms with van der Waals surface area (Å²) < 4.78 is 0. The predicted molar refractivity (Wildman–Crippen MR) is 67.9 cm³/mol. The molecule has 0 atom stereocenters. The van der Waals surface area contributed by atoms with Crippen LogP contribution >= 0.6 is 11.8 Å². The van der Waals surface area contributed by atoms with E-state index in [9.17, 15) is 10.1 Å². The largest absolute Gasteiger partial charge is 0.345 e. The fourth-order valence-corrected chi connectivity index (χ4v) is 2.27. The summed E-state index contributed by atoms with van der Waals surface area (Å²) in [6.45, 7) is 0. The van der Waals surface area contributed by atoms with E-state index >= 15 is 0 Å². The number of nitrogens with one attached hydrogen (secondary N) is 1. The predicted octanol–water partition coefficient (Wildman–Crippen LogP) is 2.85. The van der Waals surface area contributed by atoms with Gasteiger partial charge >= 0.3 is 0 Å². The van der Waals surface area contributed by atoms with Crippen LogP contribution in [0.2, 0.25) is 0 Å². The van der Waals surface area contributed by atoms with Crippen LogP contribution in [-0.4, -0.2) is 21.1 Å². The molecule has 2 aromatic rings. The van der Waals surface area contributed by atoms with Gasteiger partial charge in [0.1, 0.15) is 5.82 Å². The quantitative estimate of drug-likeness (QED) is 0.668. The van der Waals surface area contributed by atoms with Gasteiger partial charge in [-0.15, -0.1) is 0 Å². The Labute approximate surface area is 102 Å². The maximum atomic E-state index is 11.0. The van der Waals surface area contributed by atoms with Crippen molar-refractivity contribution in [1.29, 1.82) is 0 Å². The highest BCUT2D eigenvalue weighted by atomic mass is 32.2. The number of aromatic nitrogens is 2. The summed E-state index contributed by atoms with van der Waals surface area (Å²) >= 11 is 1.55. The zero-order valence-corrected chi connectivity index (χ0v) is 10.0. The van der Waals surface area contributed by atoms with Crippen LogP contribution < -0.4 is 0 Å². The minimum Gasteiger partial charge on any atom is -0.345 e. The van der Waals surface area contributed by atoms with Gasteiger partial charge in [0.2, 0.25) is 0 Å².